The van der Waals surface area contributed by atoms with Crippen LogP contribution in [-0.4, -0.2) is 48.1 Å². The van der Waals surface area contributed by atoms with Crippen LogP contribution in [0.15, 0.2) is 0 Å². The van der Waals surface area contributed by atoms with Crippen molar-refractivity contribution in [2.24, 2.45) is 0 Å². The van der Waals surface area contributed by atoms with Crippen LogP contribution in [0.25, 0.3) is 0 Å². The normalized spacial score (nSPS) is 28.6. The Balaban J connectivity index is -0.000000120. The summed E-state index contributed by atoms with van der Waals surface area (Å²) in [5, 5.41) is 0. The molecule has 0 unspecified atom stereocenters. The molecule has 54 valence electrons. The Labute approximate surface area is 80.7 Å². The van der Waals surface area contributed by atoms with E-state index in [1.807, 2.05) is 0 Å². The van der Waals surface area contributed by atoms with E-state index < -0.39 is 7.74 Å². The van der Waals surface area contributed by atoms with E-state index in [9.17, 15) is 9.79 Å². The molecule has 0 amide bonds. The Hall–Kier alpha value is 1.41. The van der Waals surface area contributed by atoms with Crippen LogP contribution in [0.3, 0.4) is 0 Å². The Kier molecular flexibility index (Phi) is 6.90. The molecule has 0 atom stereocenters. The van der Waals surface area contributed by atoms with Crippen LogP contribution in [-0.2, 0) is 9.35 Å². The van der Waals surface area contributed by atoms with Crippen molar-refractivity contribution in [2.75, 3.05) is 0 Å². The maximum atomic E-state index is 9.48. The van der Waals surface area contributed by atoms with E-state index in [2.05, 4.69) is 9.35 Å². The van der Waals surface area contributed by atoms with Gasteiger partial charge in [0.1, 0.15) is 0 Å². The van der Waals surface area contributed by atoms with E-state index in [0.717, 1.165) is 0 Å². The summed E-state index contributed by atoms with van der Waals surface area (Å²) in [6.07, 6.45) is 0. The van der Waals surface area contributed by atoms with Crippen LogP contribution >= 0.6 is 7.74 Å². The third-order valence-corrected chi connectivity index (χ3v) is 0.789. The molecule has 7 nitrogen and oxygen atoms in total. The quantitative estimate of drug-likeness (QED) is 0.175. The fourth-order valence-corrected chi connectivity index (χ4v) is 0.379. The first-order chi connectivity index (χ1) is 2.47. The Morgan fingerprint density at radius 1 is 1.22 bits per heavy atom. The van der Waals surface area contributed by atoms with Crippen LogP contribution in [0.2, 0.25) is 0 Å². The first kappa shape index (κ1) is 16.8. The molecule has 0 aliphatic carbocycles. The molecule has 1 fully saturated rings. The van der Waals surface area contributed by atoms with Crippen molar-refractivity contribution in [3.05, 3.63) is 0 Å². The van der Waals surface area contributed by atoms with Gasteiger partial charge in [0.15, 0.2) is 0 Å². The molecule has 1 saturated heterocycles. The van der Waals surface area contributed by atoms with Crippen molar-refractivity contribution in [1.82, 2.24) is 6.15 Å². The zero-order valence-corrected chi connectivity index (χ0v) is 7.54. The van der Waals surface area contributed by atoms with Crippen molar-refractivity contribution in [3.8, 4) is 0 Å². The third-order valence-electron chi connectivity index (χ3n) is 0.263. The average Bonchev–Trinajstić information content (AvgIpc) is 1.73. The minimum atomic E-state index is -5.30. The van der Waals surface area contributed by atoms with Gasteiger partial charge in [-0.3, -0.25) is 0 Å². The van der Waals surface area contributed by atoms with Gasteiger partial charge in [-0.05, 0) is 0 Å². The van der Waals surface area contributed by atoms with Gasteiger partial charge in [-0.1, -0.05) is 0 Å². The van der Waals surface area contributed by atoms with E-state index in [0.29, 0.717) is 0 Å². The van der Waals surface area contributed by atoms with Crippen molar-refractivity contribution in [1.29, 1.82) is 0 Å². The summed E-state index contributed by atoms with van der Waals surface area (Å²) < 4.78 is 6.32. The molecule has 0 aromatic rings. The fourth-order valence-electron chi connectivity index (χ4n) is 0.0421. The maximum absolute atomic E-state index is 9.48. The molecule has 0 radical (unpaired) electrons. The van der Waals surface area contributed by atoms with Gasteiger partial charge in [-0.25, -0.2) is 0 Å². The molecule has 1 rings (SSSR count). The minimum absolute atomic E-state index is 0. The molecule has 1 aliphatic rings. The summed E-state index contributed by atoms with van der Waals surface area (Å²) in [6, 6.07) is 0. The molecule has 9 heteroatoms. The van der Waals surface area contributed by atoms with Crippen molar-refractivity contribution < 1.29 is 29.5 Å². The van der Waals surface area contributed by atoms with Gasteiger partial charge in [0.2, 0.25) is 0 Å². The number of hydrogen-bond acceptors (Lipinski definition) is 6. The second kappa shape index (κ2) is 3.70. The molecule has 0 aromatic carbocycles. The Morgan fingerprint density at radius 2 is 1.33 bits per heavy atom. The summed E-state index contributed by atoms with van der Waals surface area (Å²) in [6.45, 7) is 0. The Bertz CT molecular complexity index is 76.8. The summed E-state index contributed by atoms with van der Waals surface area (Å²) >= 11 is 0. The monoisotopic (exact) mass is 187 g/mol. The molecule has 0 bridgehead atoms. The Morgan fingerprint density at radius 3 is 1.33 bits per heavy atom. The standard InChI is InChI=1S/Ca.H3N.HO5P.H2O/c;;1-6(2,3)4-5-6;/h;1H3;1H;1H2/q+2;;-2;. The molecule has 1 heterocycles. The van der Waals surface area contributed by atoms with Crippen LogP contribution < -0.4 is 15.9 Å². The van der Waals surface area contributed by atoms with E-state index in [4.69, 9.17) is 4.89 Å². The second-order valence-electron chi connectivity index (χ2n) is 0.923. The molecule has 1 aliphatic heterocycles. The molecule has 0 saturated carbocycles. The van der Waals surface area contributed by atoms with Gasteiger partial charge in [0.25, 0.3) is 0 Å². The second-order valence-corrected chi connectivity index (χ2v) is 2.77. The predicted octanol–water partition coefficient (Wildman–Crippen LogP) is -3.25. The molecular formula is H6CaNO6P. The van der Waals surface area contributed by atoms with E-state index in [1.54, 1.807) is 0 Å². The molecule has 9 heavy (non-hydrogen) atoms. The topological polar surface area (TPSA) is 158 Å². The van der Waals surface area contributed by atoms with E-state index >= 15 is 0 Å². The van der Waals surface area contributed by atoms with Gasteiger partial charge in [0, 0.05) is 0 Å². The first-order valence-electron chi connectivity index (χ1n) is 1.10. The predicted molar refractivity (Wildman–Crippen MR) is 25.7 cm³/mol. The zero-order chi connectivity index (χ0) is 4.86. The summed E-state index contributed by atoms with van der Waals surface area (Å²) in [4.78, 5) is 26.6. The SMILES string of the molecule is N.O.[Ca+2].[O-]P1([O-])(O)OO1. The average molecular weight is 187 g/mol. The van der Waals surface area contributed by atoms with Crippen molar-refractivity contribution in [2.45, 2.75) is 0 Å². The molecule has 6 N–H and O–H groups in total. The van der Waals surface area contributed by atoms with Crippen molar-refractivity contribution >= 4 is 45.5 Å². The van der Waals surface area contributed by atoms with Crippen LogP contribution in [0.4, 0.5) is 0 Å². The van der Waals surface area contributed by atoms with Crippen LogP contribution in [0.5, 0.6) is 0 Å². The zero-order valence-electron chi connectivity index (χ0n) is 4.44. The molecule has 0 aromatic heterocycles. The van der Waals surface area contributed by atoms with Crippen molar-refractivity contribution in [3.63, 3.8) is 0 Å². The molecule has 0 spiro atoms. The van der Waals surface area contributed by atoms with E-state index in [1.165, 1.54) is 0 Å². The van der Waals surface area contributed by atoms with Crippen LogP contribution in [0.1, 0.15) is 0 Å². The summed E-state index contributed by atoms with van der Waals surface area (Å²) in [5.74, 6) is 0. The fraction of sp³-hybridized carbons (Fsp3) is 0. The summed E-state index contributed by atoms with van der Waals surface area (Å²) in [7, 11) is -5.30. The molecular weight excluding hydrogens is 181 g/mol. The first-order valence-corrected chi connectivity index (χ1v) is 2.96. The van der Waals surface area contributed by atoms with Gasteiger partial charge >= 0.3 is 69.5 Å². The van der Waals surface area contributed by atoms with Gasteiger partial charge < -0.3 is 11.6 Å². The van der Waals surface area contributed by atoms with E-state index in [-0.39, 0.29) is 49.4 Å². The van der Waals surface area contributed by atoms with Gasteiger partial charge in [0.05, 0.1) is 0 Å². The van der Waals surface area contributed by atoms with Gasteiger partial charge in [-0.15, -0.1) is 0 Å². The summed E-state index contributed by atoms with van der Waals surface area (Å²) in [5.41, 5.74) is 0. The third kappa shape index (κ3) is 7.30. The number of rotatable bonds is 0. The number of hydrogen-bond donors (Lipinski definition) is 2. The van der Waals surface area contributed by atoms with Crippen LogP contribution in [0, 0.1) is 0 Å². The van der Waals surface area contributed by atoms with Gasteiger partial charge in [-0.2, -0.15) is 0 Å².